The third kappa shape index (κ3) is 3.49. The molecule has 0 bridgehead atoms. The third-order valence-electron chi connectivity index (χ3n) is 6.03. The molecule has 0 spiro atoms. The average molecular weight is 461 g/mol. The van der Waals surface area contributed by atoms with Crippen LogP contribution in [-0.2, 0) is 17.6 Å². The zero-order chi connectivity index (χ0) is 23.1. The number of fused-ring (bicyclic) bond motifs is 4. The number of carbonyl (C=O) groups excluding carboxylic acids is 1. The number of pyridine rings is 1. The van der Waals surface area contributed by atoms with E-state index in [1.165, 1.54) is 16.9 Å². The highest BCUT2D eigenvalue weighted by molar-refractivity contribution is 7.21. The van der Waals surface area contributed by atoms with Gasteiger partial charge in [-0.1, -0.05) is 12.1 Å². The van der Waals surface area contributed by atoms with Gasteiger partial charge in [-0.3, -0.25) is 0 Å². The van der Waals surface area contributed by atoms with Crippen molar-refractivity contribution in [3.8, 4) is 33.9 Å². The highest BCUT2D eigenvalue weighted by Gasteiger charge is 2.28. The monoisotopic (exact) mass is 460 g/mol. The maximum Gasteiger partial charge on any atom is 0.350 e. The molecule has 2 aromatic heterocycles. The fourth-order valence-corrected chi connectivity index (χ4v) is 5.47. The summed E-state index contributed by atoms with van der Waals surface area (Å²) in [7, 11) is 3.32. The topological polar surface area (TPSA) is 83.7 Å². The van der Waals surface area contributed by atoms with Gasteiger partial charge in [-0.2, -0.15) is 0 Å². The van der Waals surface area contributed by atoms with Crippen LogP contribution in [0.5, 0.6) is 11.5 Å². The molecule has 7 heteroatoms. The molecule has 5 rings (SSSR count). The van der Waals surface area contributed by atoms with Crippen molar-refractivity contribution in [3.63, 3.8) is 0 Å². The summed E-state index contributed by atoms with van der Waals surface area (Å²) in [6, 6.07) is 14.0. The van der Waals surface area contributed by atoms with Gasteiger partial charge in [0.15, 0.2) is 0 Å². The molecule has 2 aromatic carbocycles. The van der Waals surface area contributed by atoms with Gasteiger partial charge >= 0.3 is 5.97 Å². The first-order valence-corrected chi connectivity index (χ1v) is 11.6. The van der Waals surface area contributed by atoms with E-state index in [-0.39, 0.29) is 6.61 Å². The molecule has 0 aliphatic heterocycles. The standard InChI is InChI=1S/C26H24N2O4S/c1-4-32-26(29)24-22(27)21-20(14-5-8-16(30-2)9-6-14)19-11-7-15-13-17(31-3)10-12-18(15)23(19)28-25(21)33-24/h5-6,8-10,12-13H,4,7,11,27H2,1-3H3. The van der Waals surface area contributed by atoms with Crippen LogP contribution in [0, 0.1) is 0 Å². The summed E-state index contributed by atoms with van der Waals surface area (Å²) < 4.78 is 16.0. The number of hydrogen-bond donors (Lipinski definition) is 1. The molecule has 4 aromatic rings. The molecule has 1 aliphatic carbocycles. The summed E-state index contributed by atoms with van der Waals surface area (Å²) in [5, 5.41) is 0.809. The molecular formula is C26H24N2O4S. The Kier molecular flexibility index (Phi) is 5.42. The highest BCUT2D eigenvalue weighted by Crippen LogP contribution is 2.47. The summed E-state index contributed by atoms with van der Waals surface area (Å²) in [6.45, 7) is 2.07. The van der Waals surface area contributed by atoms with Crippen molar-refractivity contribution in [1.29, 1.82) is 0 Å². The molecular weight excluding hydrogens is 436 g/mol. The van der Waals surface area contributed by atoms with Crippen LogP contribution in [0.25, 0.3) is 32.6 Å². The SMILES string of the molecule is CCOC(=O)c1sc2nc3c(c(-c4ccc(OC)cc4)c2c1N)CCc1cc(OC)ccc1-3. The number of nitrogens with two attached hydrogens (primary N) is 1. The Balaban J connectivity index is 1.82. The van der Waals surface area contributed by atoms with Crippen LogP contribution < -0.4 is 15.2 Å². The Labute approximate surface area is 195 Å². The summed E-state index contributed by atoms with van der Waals surface area (Å²) in [6.07, 6.45) is 1.68. The molecule has 0 amide bonds. The van der Waals surface area contributed by atoms with Gasteiger partial charge < -0.3 is 19.9 Å². The number of methoxy groups -OCH3 is 2. The minimum atomic E-state index is -0.415. The Morgan fingerprint density at radius 3 is 2.48 bits per heavy atom. The number of aryl methyl sites for hydroxylation is 1. The first-order valence-electron chi connectivity index (χ1n) is 10.8. The fourth-order valence-electron chi connectivity index (χ4n) is 4.48. The summed E-state index contributed by atoms with van der Waals surface area (Å²) >= 11 is 1.28. The quantitative estimate of drug-likeness (QED) is 0.396. The number of hydrogen-bond acceptors (Lipinski definition) is 7. The minimum Gasteiger partial charge on any atom is -0.497 e. The molecule has 33 heavy (non-hydrogen) atoms. The zero-order valence-electron chi connectivity index (χ0n) is 18.7. The Morgan fingerprint density at radius 2 is 1.79 bits per heavy atom. The smallest absolute Gasteiger partial charge is 0.350 e. The molecule has 1 aliphatic rings. The van der Waals surface area contributed by atoms with E-state index in [4.69, 9.17) is 24.9 Å². The fraction of sp³-hybridized carbons (Fsp3) is 0.231. The van der Waals surface area contributed by atoms with E-state index in [1.54, 1.807) is 21.1 Å². The molecule has 0 atom stereocenters. The van der Waals surface area contributed by atoms with Crippen molar-refractivity contribution >= 4 is 33.2 Å². The largest absolute Gasteiger partial charge is 0.497 e. The number of rotatable bonds is 5. The number of ether oxygens (including phenoxy) is 3. The number of nitrogen functional groups attached to an aromatic ring is 1. The van der Waals surface area contributed by atoms with Gasteiger partial charge in [0.05, 0.1) is 32.2 Å². The van der Waals surface area contributed by atoms with Gasteiger partial charge in [-0.15, -0.1) is 11.3 Å². The highest BCUT2D eigenvalue weighted by atomic mass is 32.1. The summed E-state index contributed by atoms with van der Waals surface area (Å²) in [5.41, 5.74) is 13.3. The van der Waals surface area contributed by atoms with E-state index in [2.05, 4.69) is 12.1 Å². The first-order chi connectivity index (χ1) is 16.0. The molecule has 0 radical (unpaired) electrons. The van der Waals surface area contributed by atoms with Crippen molar-refractivity contribution < 1.29 is 19.0 Å². The second kappa shape index (κ2) is 8.41. The molecule has 168 valence electrons. The van der Waals surface area contributed by atoms with E-state index in [1.807, 2.05) is 30.3 Å². The number of anilines is 1. The zero-order valence-corrected chi connectivity index (χ0v) is 19.5. The lowest BCUT2D eigenvalue weighted by Crippen LogP contribution is -2.09. The maximum atomic E-state index is 12.6. The molecule has 6 nitrogen and oxygen atoms in total. The van der Waals surface area contributed by atoms with Gasteiger partial charge in [-0.05, 0) is 72.4 Å². The molecule has 0 saturated heterocycles. The van der Waals surface area contributed by atoms with Crippen LogP contribution in [0.1, 0.15) is 27.7 Å². The van der Waals surface area contributed by atoms with E-state index in [0.29, 0.717) is 10.6 Å². The molecule has 0 fully saturated rings. The van der Waals surface area contributed by atoms with Crippen molar-refractivity contribution in [1.82, 2.24) is 4.98 Å². The predicted octanol–water partition coefficient (Wildman–Crippen LogP) is 5.51. The molecule has 2 N–H and O–H groups in total. The van der Waals surface area contributed by atoms with Gasteiger partial charge in [0, 0.05) is 10.9 Å². The van der Waals surface area contributed by atoms with Gasteiger partial charge in [-0.25, -0.2) is 9.78 Å². The molecule has 2 heterocycles. The Morgan fingerprint density at radius 1 is 1.06 bits per heavy atom. The minimum absolute atomic E-state index is 0.289. The lowest BCUT2D eigenvalue weighted by atomic mass is 9.83. The number of nitrogens with zero attached hydrogens (tertiary/aromatic N) is 1. The number of aromatic nitrogens is 1. The van der Waals surface area contributed by atoms with Crippen molar-refractivity contribution in [2.75, 3.05) is 26.6 Å². The second-order valence-electron chi connectivity index (χ2n) is 7.81. The van der Waals surface area contributed by atoms with Gasteiger partial charge in [0.25, 0.3) is 0 Å². The average Bonchev–Trinajstić information content (AvgIpc) is 3.18. The second-order valence-corrected chi connectivity index (χ2v) is 8.81. The number of esters is 1. The number of thiophene rings is 1. The Bertz CT molecular complexity index is 1380. The summed E-state index contributed by atoms with van der Waals surface area (Å²) in [4.78, 5) is 18.7. The lowest BCUT2D eigenvalue weighted by molar-refractivity contribution is 0.0533. The van der Waals surface area contributed by atoms with Crippen LogP contribution >= 0.6 is 11.3 Å². The van der Waals surface area contributed by atoms with E-state index < -0.39 is 5.97 Å². The number of carbonyl (C=O) groups is 1. The van der Waals surface area contributed by atoms with Crippen LogP contribution in [0.4, 0.5) is 5.69 Å². The normalized spacial score (nSPS) is 12.2. The van der Waals surface area contributed by atoms with Crippen LogP contribution in [0.3, 0.4) is 0 Å². The van der Waals surface area contributed by atoms with Crippen molar-refractivity contribution in [3.05, 3.63) is 58.5 Å². The van der Waals surface area contributed by atoms with Gasteiger partial charge in [0.2, 0.25) is 0 Å². The predicted molar refractivity (Wildman–Crippen MR) is 131 cm³/mol. The third-order valence-corrected chi connectivity index (χ3v) is 7.11. The first kappa shape index (κ1) is 21.3. The molecule has 0 saturated carbocycles. The van der Waals surface area contributed by atoms with Crippen molar-refractivity contribution in [2.45, 2.75) is 19.8 Å². The Hall–Kier alpha value is -3.58. The lowest BCUT2D eigenvalue weighted by Gasteiger charge is -2.23. The maximum absolute atomic E-state index is 12.6. The van der Waals surface area contributed by atoms with Gasteiger partial charge in [0.1, 0.15) is 21.2 Å². The van der Waals surface area contributed by atoms with Crippen LogP contribution in [0.2, 0.25) is 0 Å². The van der Waals surface area contributed by atoms with Crippen LogP contribution in [-0.4, -0.2) is 31.8 Å². The van der Waals surface area contributed by atoms with Crippen molar-refractivity contribution in [2.24, 2.45) is 0 Å². The van der Waals surface area contributed by atoms with E-state index in [0.717, 1.165) is 62.5 Å². The van der Waals surface area contributed by atoms with E-state index in [9.17, 15) is 4.79 Å². The molecule has 0 unspecified atom stereocenters. The van der Waals surface area contributed by atoms with E-state index >= 15 is 0 Å². The van der Waals surface area contributed by atoms with Crippen LogP contribution in [0.15, 0.2) is 42.5 Å². The summed E-state index contributed by atoms with van der Waals surface area (Å²) in [5.74, 6) is 1.20. The number of benzene rings is 2.